The minimum Gasteiger partial charge on any atom is -0.870 e. The standard InChI is InChI=1S/C24H27NO7S.C17H21NO5.C7H7ClO2S.CHCl2.K.H2O/c1-3-20-13-23(32-25-20)24(17-31-33(27,28)22-11-9-18(2)10-12-22)30-16-21(26)15-29-14-19-7-5-4-6-8-19;1-2-14-8-16(23-18-14)17(9-19)22-12-15(20)11-21-10-13-6-4-3-5-7-13;1-6-2-4-7(5-3-6)11(8,9)10;2-1-3;;/h1,4-12,21,23-24,26H,13-17H2,2H3;1,3-7,15-17,19-20H,8-12H2;2-5H,1H3;1H;;1H2/q;;;-1;+1;/p-1/t21-,23+,24-;15-,16+,17-;;;;/m11..../s1. The molecule has 4 aromatic carbocycles. The maximum atomic E-state index is 12.5. The van der Waals surface area contributed by atoms with E-state index in [1.807, 2.05) is 74.5 Å². The summed E-state index contributed by atoms with van der Waals surface area (Å²) in [6.45, 7) is 4.05. The number of hydrogen-bond acceptors (Lipinski definition) is 17. The molecule has 4 N–H and O–H groups in total. The van der Waals surface area contributed by atoms with E-state index in [4.69, 9.17) is 56.3 Å². The van der Waals surface area contributed by atoms with Gasteiger partial charge in [-0.15, -0.1) is 12.8 Å². The van der Waals surface area contributed by atoms with Crippen molar-refractivity contribution in [1.82, 2.24) is 0 Å². The van der Waals surface area contributed by atoms with Gasteiger partial charge in [0.25, 0.3) is 19.2 Å². The molecule has 6 atom stereocenters. The molecule has 2 aliphatic rings. The fourth-order valence-electron chi connectivity index (χ4n) is 5.87. The molecule has 0 saturated carbocycles. The van der Waals surface area contributed by atoms with E-state index in [-0.39, 0.29) is 113 Å². The van der Waals surface area contributed by atoms with Crippen LogP contribution in [0.5, 0.6) is 0 Å². The Morgan fingerprint density at radius 3 is 1.43 bits per heavy atom. The Morgan fingerprint density at radius 1 is 0.667 bits per heavy atom. The Morgan fingerprint density at radius 2 is 1.06 bits per heavy atom. The summed E-state index contributed by atoms with van der Waals surface area (Å²) >= 11 is 9.28. The molecule has 0 aliphatic carbocycles. The minimum atomic E-state index is -4.00. The van der Waals surface area contributed by atoms with Crippen molar-refractivity contribution >= 4 is 64.5 Å². The summed E-state index contributed by atoms with van der Waals surface area (Å²) in [6.07, 6.45) is 7.10. The number of aryl methyl sites for hydroxylation is 2. The second-order valence-electron chi connectivity index (χ2n) is 15.2. The number of aliphatic hydroxyl groups is 3. The van der Waals surface area contributed by atoms with Crippen LogP contribution < -0.4 is 51.4 Å². The largest absolute Gasteiger partial charge is 1.00 e. The summed E-state index contributed by atoms with van der Waals surface area (Å²) in [4.78, 5) is 10.6. The van der Waals surface area contributed by atoms with E-state index in [0.717, 1.165) is 27.6 Å². The summed E-state index contributed by atoms with van der Waals surface area (Å²) in [6, 6.07) is 31.9. The zero-order valence-electron chi connectivity index (χ0n) is 39.8. The number of oxime groups is 2. The number of hydrogen-bond donors (Lipinski definition) is 3. The van der Waals surface area contributed by atoms with E-state index in [2.05, 4.69) is 45.4 Å². The SMILES string of the molecule is C#CC1=NO[C@H]([C@@H](CO)OC[C@H](O)COCc2ccccc2)C1.C#CC1=NO[C@H]([C@@H](COS(=O)(=O)c2ccc(C)cc2)OC[C@H](O)COCc2ccccc2)C1.Cc1ccc(S(=O)(=O)Cl)cc1.Cl[CH-]Cl.[K+].[OH-]. The van der Waals surface area contributed by atoms with E-state index in [1.54, 1.807) is 24.3 Å². The molecule has 0 amide bonds. The van der Waals surface area contributed by atoms with Crippen LogP contribution in [0.15, 0.2) is 129 Å². The van der Waals surface area contributed by atoms with E-state index in [0.29, 0.717) is 31.1 Å². The topological polar surface area (TPSA) is 248 Å². The van der Waals surface area contributed by atoms with Crippen LogP contribution in [0.25, 0.3) is 0 Å². The summed E-state index contributed by atoms with van der Waals surface area (Å²) in [5, 5.41) is 37.9. The molecule has 6 rings (SSSR count). The minimum absolute atomic E-state index is 0. The zero-order chi connectivity index (χ0) is 51.4. The fourth-order valence-corrected chi connectivity index (χ4v) is 7.56. The molecule has 0 fully saturated rings. The summed E-state index contributed by atoms with van der Waals surface area (Å²) in [7, 11) is -2.47. The van der Waals surface area contributed by atoms with Gasteiger partial charge in [-0.05, 0) is 49.2 Å². The maximum absolute atomic E-state index is 12.5. The van der Waals surface area contributed by atoms with Gasteiger partial charge in [-0.1, -0.05) is 118 Å². The molecule has 17 nitrogen and oxygen atoms in total. The number of benzene rings is 4. The third-order valence-corrected chi connectivity index (χ3v) is 12.2. The van der Waals surface area contributed by atoms with Crippen molar-refractivity contribution in [2.45, 2.75) is 86.3 Å². The Balaban J connectivity index is 0.000000575. The van der Waals surface area contributed by atoms with Crippen LogP contribution in [-0.2, 0) is 65.2 Å². The molecule has 0 bridgehead atoms. The summed E-state index contributed by atoms with van der Waals surface area (Å²) in [5.74, 6) is 4.80. The molecule has 2 heterocycles. The molecule has 0 unspecified atom stereocenters. The van der Waals surface area contributed by atoms with Gasteiger partial charge in [0.1, 0.15) is 35.8 Å². The molecular formula is C49H57Cl3KN2O15S2-. The van der Waals surface area contributed by atoms with Crippen LogP contribution in [0, 0.1) is 43.9 Å². The van der Waals surface area contributed by atoms with E-state index in [9.17, 15) is 32.2 Å². The Labute approximate surface area is 479 Å². The van der Waals surface area contributed by atoms with Crippen LogP contribution in [-0.4, -0.2) is 125 Å². The smallest absolute Gasteiger partial charge is 0.870 e. The Bertz CT molecular complexity index is 2500. The van der Waals surface area contributed by atoms with Gasteiger partial charge in [0.2, 0.25) is 0 Å². The summed E-state index contributed by atoms with van der Waals surface area (Å²) < 4.78 is 73.9. The van der Waals surface area contributed by atoms with Crippen molar-refractivity contribution in [2.75, 3.05) is 39.6 Å². The van der Waals surface area contributed by atoms with Crippen molar-refractivity contribution in [1.29, 1.82) is 0 Å². The third-order valence-electron chi connectivity index (χ3n) is 9.58. The molecule has 0 radical (unpaired) electrons. The first-order valence-electron chi connectivity index (χ1n) is 21.3. The molecule has 23 heteroatoms. The predicted molar refractivity (Wildman–Crippen MR) is 269 cm³/mol. The van der Waals surface area contributed by atoms with E-state index in [1.165, 1.54) is 24.3 Å². The van der Waals surface area contributed by atoms with Crippen molar-refractivity contribution < 1.29 is 122 Å². The van der Waals surface area contributed by atoms with Crippen molar-refractivity contribution in [2.24, 2.45) is 10.3 Å². The average Bonchev–Trinajstić information content (AvgIpc) is 4.04. The van der Waals surface area contributed by atoms with Crippen LogP contribution >= 0.6 is 33.9 Å². The maximum Gasteiger partial charge on any atom is 1.00 e. The number of halogens is 3. The van der Waals surface area contributed by atoms with Crippen molar-refractivity contribution in [3.8, 4) is 24.7 Å². The van der Waals surface area contributed by atoms with Crippen LogP contribution in [0.1, 0.15) is 35.1 Å². The molecule has 0 aromatic heterocycles. The molecule has 0 spiro atoms. The monoisotopic (exact) mass is 1120 g/mol. The third kappa shape index (κ3) is 26.5. The van der Waals surface area contributed by atoms with Gasteiger partial charge >= 0.3 is 51.4 Å². The molecule has 0 saturated heterocycles. The van der Waals surface area contributed by atoms with Crippen molar-refractivity contribution in [3.63, 3.8) is 0 Å². The van der Waals surface area contributed by atoms with E-state index < -0.39 is 55.8 Å². The quantitative estimate of drug-likeness (QED) is 0.0335. The normalized spacial score (nSPS) is 16.3. The van der Waals surface area contributed by atoms with Gasteiger partial charge in [-0.2, -0.15) is 13.8 Å². The molecule has 4 aromatic rings. The number of rotatable bonds is 22. The van der Waals surface area contributed by atoms with Gasteiger partial charge in [-0.25, -0.2) is 8.42 Å². The number of ether oxygens (including phenoxy) is 4. The van der Waals surface area contributed by atoms with Gasteiger partial charge < -0.3 is 72.6 Å². The number of terminal acetylenes is 2. The first-order chi connectivity index (χ1) is 33.5. The average molecular weight is 1120 g/mol. The van der Waals surface area contributed by atoms with Crippen LogP contribution in [0.3, 0.4) is 0 Å². The second kappa shape index (κ2) is 36.9. The molecule has 72 heavy (non-hydrogen) atoms. The summed E-state index contributed by atoms with van der Waals surface area (Å²) in [5.41, 5.74) is 4.83. The van der Waals surface area contributed by atoms with Gasteiger partial charge in [0.15, 0.2) is 12.2 Å². The van der Waals surface area contributed by atoms with Crippen molar-refractivity contribution in [3.05, 3.63) is 137 Å². The van der Waals surface area contributed by atoms with Crippen LogP contribution in [0.2, 0.25) is 0 Å². The van der Waals surface area contributed by atoms with E-state index >= 15 is 0 Å². The first kappa shape index (κ1) is 67.0. The zero-order valence-corrected chi connectivity index (χ0v) is 46.8. The van der Waals surface area contributed by atoms with Crippen LogP contribution in [0.4, 0.5) is 0 Å². The first-order valence-corrected chi connectivity index (χ1v) is 25.9. The number of aliphatic hydroxyl groups excluding tert-OH is 3. The van der Waals surface area contributed by atoms with Gasteiger partial charge in [0.05, 0.1) is 62.6 Å². The molecule has 388 valence electrons. The Hall–Kier alpha value is -3.01. The molecular weight excluding hydrogens is 1070 g/mol. The second-order valence-corrected chi connectivity index (χ2v) is 20.0. The Kier molecular flexibility index (Phi) is 34.3. The molecule has 2 aliphatic heterocycles. The predicted octanol–water partition coefficient (Wildman–Crippen LogP) is 3.49. The van der Waals surface area contributed by atoms with Gasteiger partial charge in [-0.3, -0.25) is 4.18 Å². The number of nitrogens with zero attached hydrogens (tertiary/aromatic N) is 2. The van der Waals surface area contributed by atoms with Gasteiger partial charge in [0, 0.05) is 23.5 Å². The fraction of sp³-hybridized carbons (Fsp3) is 0.367.